The summed E-state index contributed by atoms with van der Waals surface area (Å²) < 4.78 is 30.6. The topological polar surface area (TPSA) is 69.9 Å². The summed E-state index contributed by atoms with van der Waals surface area (Å²) >= 11 is 0. The molecule has 0 atom stereocenters. The number of halogens is 2. The maximum Gasteiger partial charge on any atom is 0.387 e. The molecule has 0 aliphatic carbocycles. The number of benzene rings is 1. The molecule has 0 saturated carbocycles. The maximum absolute atomic E-state index is 12.5. The molecule has 0 aliphatic heterocycles. The first-order valence-electron chi connectivity index (χ1n) is 8.80. The van der Waals surface area contributed by atoms with Crippen LogP contribution in [0.25, 0.3) is 22.3 Å². The van der Waals surface area contributed by atoms with Gasteiger partial charge in [-0.2, -0.15) is 8.78 Å². The number of nitrogens with zero attached hydrogens (tertiary/aromatic N) is 4. The van der Waals surface area contributed by atoms with E-state index in [-0.39, 0.29) is 18.0 Å². The summed E-state index contributed by atoms with van der Waals surface area (Å²) in [6.07, 6.45) is 5.19. The Bertz CT molecular complexity index is 1170. The van der Waals surface area contributed by atoms with Crippen LogP contribution in [0.2, 0.25) is 0 Å². The molecular weight excluding hydrogens is 378 g/mol. The van der Waals surface area contributed by atoms with Crippen LogP contribution in [0, 0.1) is 0 Å². The lowest BCUT2D eigenvalue weighted by molar-refractivity contribution is -0.0498. The highest BCUT2D eigenvalue weighted by Crippen LogP contribution is 2.21. The van der Waals surface area contributed by atoms with Crippen LogP contribution < -0.4 is 4.74 Å². The minimum Gasteiger partial charge on any atom is -0.435 e. The number of pyridine rings is 2. The van der Waals surface area contributed by atoms with E-state index < -0.39 is 6.61 Å². The molecule has 0 unspecified atom stereocenters. The Labute approximate surface area is 164 Å². The molecule has 6 nitrogen and oxygen atoms in total. The van der Waals surface area contributed by atoms with Gasteiger partial charge in [0.2, 0.25) is 0 Å². The van der Waals surface area contributed by atoms with Gasteiger partial charge in [-0.1, -0.05) is 0 Å². The van der Waals surface area contributed by atoms with E-state index in [0.29, 0.717) is 11.3 Å². The fraction of sp³-hybridized carbons (Fsp3) is 0.143. The SMILES string of the molecule is Cn1cncc1-c1ccc2cnc(CC(=O)c3ccc(OC(F)F)cc3)cc2n1. The van der Waals surface area contributed by atoms with Gasteiger partial charge in [-0.05, 0) is 42.5 Å². The average Bonchev–Trinajstić information content (AvgIpc) is 3.13. The molecule has 1 aromatic carbocycles. The molecule has 0 radical (unpaired) electrons. The van der Waals surface area contributed by atoms with Crippen LogP contribution in [0.5, 0.6) is 5.75 Å². The molecular formula is C21H16F2N4O2. The first kappa shape index (κ1) is 18.7. The first-order valence-corrected chi connectivity index (χ1v) is 8.80. The number of imidazole rings is 1. The van der Waals surface area contributed by atoms with Crippen molar-refractivity contribution < 1.29 is 18.3 Å². The Morgan fingerprint density at radius 1 is 1.14 bits per heavy atom. The van der Waals surface area contributed by atoms with Crippen LogP contribution in [0.1, 0.15) is 16.1 Å². The van der Waals surface area contributed by atoms with Crippen molar-refractivity contribution in [1.29, 1.82) is 0 Å². The van der Waals surface area contributed by atoms with Crippen LogP contribution >= 0.6 is 0 Å². The molecule has 4 aromatic rings. The fourth-order valence-electron chi connectivity index (χ4n) is 2.99. The summed E-state index contributed by atoms with van der Waals surface area (Å²) in [6.45, 7) is -2.90. The van der Waals surface area contributed by atoms with E-state index in [1.165, 1.54) is 24.3 Å². The highest BCUT2D eigenvalue weighted by atomic mass is 19.3. The van der Waals surface area contributed by atoms with Gasteiger partial charge in [0.25, 0.3) is 0 Å². The van der Waals surface area contributed by atoms with Crippen molar-refractivity contribution in [3.8, 4) is 17.1 Å². The zero-order chi connectivity index (χ0) is 20.4. The highest BCUT2D eigenvalue weighted by molar-refractivity contribution is 5.97. The maximum atomic E-state index is 12.5. The highest BCUT2D eigenvalue weighted by Gasteiger charge is 2.12. The van der Waals surface area contributed by atoms with E-state index in [2.05, 4.69) is 19.7 Å². The number of fused-ring (bicyclic) bond motifs is 1. The smallest absolute Gasteiger partial charge is 0.387 e. The minimum atomic E-state index is -2.90. The molecule has 0 aliphatic rings. The van der Waals surface area contributed by atoms with E-state index in [1.807, 2.05) is 23.7 Å². The van der Waals surface area contributed by atoms with Crippen molar-refractivity contribution in [3.05, 3.63) is 72.4 Å². The van der Waals surface area contributed by atoms with Crippen LogP contribution in [-0.4, -0.2) is 31.9 Å². The largest absolute Gasteiger partial charge is 0.435 e. The van der Waals surface area contributed by atoms with E-state index in [9.17, 15) is 13.6 Å². The van der Waals surface area contributed by atoms with Crippen molar-refractivity contribution in [1.82, 2.24) is 19.5 Å². The van der Waals surface area contributed by atoms with Crippen molar-refractivity contribution in [3.63, 3.8) is 0 Å². The average molecular weight is 394 g/mol. The Balaban J connectivity index is 1.56. The quantitative estimate of drug-likeness (QED) is 0.462. The molecule has 4 rings (SSSR count). The Hall–Kier alpha value is -3.68. The molecule has 0 N–H and O–H groups in total. The zero-order valence-corrected chi connectivity index (χ0v) is 15.4. The van der Waals surface area contributed by atoms with Gasteiger partial charge in [-0.25, -0.2) is 9.97 Å². The summed E-state index contributed by atoms with van der Waals surface area (Å²) in [5.74, 6) is -0.171. The monoisotopic (exact) mass is 394 g/mol. The molecule has 0 saturated heterocycles. The minimum absolute atomic E-state index is 0.00674. The van der Waals surface area contributed by atoms with E-state index in [0.717, 1.165) is 22.3 Å². The number of aromatic nitrogens is 4. The molecule has 3 heterocycles. The molecule has 0 spiro atoms. The normalized spacial score (nSPS) is 11.2. The van der Waals surface area contributed by atoms with Gasteiger partial charge >= 0.3 is 6.61 Å². The van der Waals surface area contributed by atoms with Gasteiger partial charge < -0.3 is 9.30 Å². The third kappa shape index (κ3) is 4.11. The molecule has 0 bridgehead atoms. The van der Waals surface area contributed by atoms with Crippen molar-refractivity contribution >= 4 is 16.7 Å². The molecule has 0 amide bonds. The van der Waals surface area contributed by atoms with Gasteiger partial charge in [0.05, 0.1) is 41.5 Å². The number of carbonyl (C=O) groups excluding carboxylic acids is 1. The van der Waals surface area contributed by atoms with Crippen molar-refractivity contribution in [2.24, 2.45) is 7.05 Å². The van der Waals surface area contributed by atoms with Crippen LogP contribution in [0.3, 0.4) is 0 Å². The van der Waals surface area contributed by atoms with Gasteiger partial charge in [0.1, 0.15) is 5.75 Å². The summed E-state index contributed by atoms with van der Waals surface area (Å²) in [4.78, 5) is 25.6. The number of aryl methyl sites for hydroxylation is 1. The van der Waals surface area contributed by atoms with Crippen LogP contribution in [-0.2, 0) is 13.5 Å². The number of ketones is 1. The lowest BCUT2D eigenvalue weighted by Gasteiger charge is -2.07. The predicted molar refractivity (Wildman–Crippen MR) is 103 cm³/mol. The van der Waals surface area contributed by atoms with E-state index in [1.54, 1.807) is 24.8 Å². The fourth-order valence-corrected chi connectivity index (χ4v) is 2.99. The number of carbonyl (C=O) groups is 1. The summed E-state index contributed by atoms with van der Waals surface area (Å²) in [6, 6.07) is 11.2. The summed E-state index contributed by atoms with van der Waals surface area (Å²) in [5, 5.41) is 0.862. The summed E-state index contributed by atoms with van der Waals surface area (Å²) in [7, 11) is 1.89. The zero-order valence-electron chi connectivity index (χ0n) is 15.4. The lowest BCUT2D eigenvalue weighted by atomic mass is 10.1. The second kappa shape index (κ2) is 7.75. The number of ether oxygens (including phenoxy) is 1. The third-order valence-corrected chi connectivity index (χ3v) is 4.45. The van der Waals surface area contributed by atoms with Gasteiger partial charge in [0, 0.05) is 24.2 Å². The number of hydrogen-bond acceptors (Lipinski definition) is 5. The van der Waals surface area contributed by atoms with Gasteiger partial charge in [0.15, 0.2) is 5.78 Å². The molecule has 146 valence electrons. The number of hydrogen-bond donors (Lipinski definition) is 0. The van der Waals surface area contributed by atoms with Crippen LogP contribution in [0.4, 0.5) is 8.78 Å². The first-order chi connectivity index (χ1) is 14.0. The molecule has 29 heavy (non-hydrogen) atoms. The van der Waals surface area contributed by atoms with E-state index >= 15 is 0 Å². The van der Waals surface area contributed by atoms with E-state index in [4.69, 9.17) is 0 Å². The standard InChI is InChI=1S/C21H16F2N4O2/c1-27-12-24-11-19(27)17-7-4-14-10-25-15(8-18(14)26-17)9-20(28)13-2-5-16(6-3-13)29-21(22)23/h2-8,10-12,21H,9H2,1H3. The lowest BCUT2D eigenvalue weighted by Crippen LogP contribution is -2.06. The Morgan fingerprint density at radius 3 is 2.62 bits per heavy atom. The molecule has 8 heteroatoms. The van der Waals surface area contributed by atoms with Crippen LogP contribution in [0.15, 0.2) is 61.2 Å². The van der Waals surface area contributed by atoms with Crippen molar-refractivity contribution in [2.75, 3.05) is 0 Å². The molecule has 0 fully saturated rings. The second-order valence-electron chi connectivity index (χ2n) is 6.46. The van der Waals surface area contributed by atoms with Gasteiger partial charge in [-0.3, -0.25) is 9.78 Å². The number of rotatable bonds is 6. The number of Topliss-reactive ketones (excluding diaryl/α,β-unsaturated/α-hetero) is 1. The molecule has 3 aromatic heterocycles. The Kier molecular flexibility index (Phi) is 4.99. The van der Waals surface area contributed by atoms with Gasteiger partial charge in [-0.15, -0.1) is 0 Å². The predicted octanol–water partition coefficient (Wildman–Crippen LogP) is 4.06. The third-order valence-electron chi connectivity index (χ3n) is 4.45. The number of alkyl halides is 2. The Morgan fingerprint density at radius 2 is 1.93 bits per heavy atom. The second-order valence-corrected chi connectivity index (χ2v) is 6.46. The summed E-state index contributed by atoms with van der Waals surface area (Å²) in [5.41, 5.74) is 3.35. The van der Waals surface area contributed by atoms with Crippen molar-refractivity contribution in [2.45, 2.75) is 13.0 Å².